The lowest BCUT2D eigenvalue weighted by Crippen LogP contribution is -2.10. The lowest BCUT2D eigenvalue weighted by molar-refractivity contribution is -0.131. The van der Waals surface area contributed by atoms with Gasteiger partial charge in [0.2, 0.25) is 0 Å². The molecule has 0 aliphatic carbocycles. The molecule has 18 heavy (non-hydrogen) atoms. The maximum Gasteiger partial charge on any atom is 0.308 e. The van der Waals surface area contributed by atoms with E-state index in [4.69, 9.17) is 10.5 Å². The number of benzene rings is 1. The van der Waals surface area contributed by atoms with Gasteiger partial charge in [0.25, 0.3) is 0 Å². The molecule has 0 amide bonds. The zero-order valence-electron chi connectivity index (χ0n) is 11.0. The molecule has 0 radical (unpaired) electrons. The van der Waals surface area contributed by atoms with Crippen molar-refractivity contribution < 1.29 is 9.53 Å². The monoisotopic (exact) mass is 271 g/mol. The average molecular weight is 272 g/mol. The van der Waals surface area contributed by atoms with E-state index in [0.29, 0.717) is 5.75 Å². The maximum absolute atomic E-state index is 10.9. The minimum Gasteiger partial charge on any atom is -0.427 e. The van der Waals surface area contributed by atoms with Gasteiger partial charge in [-0.15, -0.1) is 12.4 Å². The number of carbonyl (C=O) groups excluding carboxylic acids is 1. The van der Waals surface area contributed by atoms with E-state index in [9.17, 15) is 4.79 Å². The summed E-state index contributed by atoms with van der Waals surface area (Å²) in [5.41, 5.74) is 7.12. The van der Waals surface area contributed by atoms with Gasteiger partial charge in [-0.25, -0.2) is 0 Å². The van der Waals surface area contributed by atoms with Gasteiger partial charge < -0.3 is 10.5 Å². The van der Waals surface area contributed by atoms with Crippen LogP contribution in [0.25, 0.3) is 0 Å². The van der Waals surface area contributed by atoms with Gasteiger partial charge in [-0.3, -0.25) is 4.79 Å². The molecule has 1 aromatic rings. The quantitative estimate of drug-likeness (QED) is 0.488. The Morgan fingerprint density at radius 2 is 2.11 bits per heavy atom. The van der Waals surface area contributed by atoms with Crippen molar-refractivity contribution in [3.05, 3.63) is 29.8 Å². The van der Waals surface area contributed by atoms with Crippen LogP contribution in [0.4, 0.5) is 0 Å². The molecule has 1 atom stereocenters. The van der Waals surface area contributed by atoms with Gasteiger partial charge in [-0.1, -0.05) is 38.3 Å². The smallest absolute Gasteiger partial charge is 0.308 e. The number of esters is 1. The third kappa shape index (κ3) is 6.03. The van der Waals surface area contributed by atoms with Crippen LogP contribution in [-0.4, -0.2) is 5.97 Å². The van der Waals surface area contributed by atoms with Gasteiger partial charge >= 0.3 is 5.97 Å². The molecule has 0 saturated heterocycles. The minimum atomic E-state index is -0.304. The van der Waals surface area contributed by atoms with Crippen LogP contribution in [0.3, 0.4) is 0 Å². The molecule has 0 fully saturated rings. The Balaban J connectivity index is 0.00000289. The first-order valence-electron chi connectivity index (χ1n) is 6.17. The van der Waals surface area contributed by atoms with E-state index in [1.807, 2.05) is 18.2 Å². The zero-order chi connectivity index (χ0) is 12.7. The maximum atomic E-state index is 10.9. The Labute approximate surface area is 115 Å². The number of halogens is 1. The first-order valence-corrected chi connectivity index (χ1v) is 6.17. The second kappa shape index (κ2) is 8.95. The molecular weight excluding hydrogens is 250 g/mol. The van der Waals surface area contributed by atoms with E-state index in [1.54, 1.807) is 6.07 Å². The van der Waals surface area contributed by atoms with Crippen LogP contribution >= 0.6 is 12.4 Å². The normalized spacial score (nSPS) is 11.5. The summed E-state index contributed by atoms with van der Waals surface area (Å²) in [5.74, 6) is 0.266. The predicted octanol–water partition coefficient (Wildman–Crippen LogP) is 3.61. The Kier molecular flexibility index (Phi) is 8.42. The SMILES string of the molecule is CCCCC[C@@H](N)c1cccc(OC(C)=O)c1.Cl. The Morgan fingerprint density at radius 1 is 1.39 bits per heavy atom. The molecule has 0 unspecified atom stereocenters. The molecule has 1 rings (SSSR count). The van der Waals surface area contributed by atoms with Crippen LogP contribution in [0, 0.1) is 0 Å². The molecule has 0 spiro atoms. The van der Waals surface area contributed by atoms with Gasteiger partial charge in [0.15, 0.2) is 0 Å². The zero-order valence-corrected chi connectivity index (χ0v) is 11.8. The number of unbranched alkanes of at least 4 members (excludes halogenated alkanes) is 2. The molecule has 3 nitrogen and oxygen atoms in total. The van der Waals surface area contributed by atoms with Crippen LogP contribution in [0.15, 0.2) is 24.3 Å². The summed E-state index contributed by atoms with van der Waals surface area (Å²) in [6.07, 6.45) is 4.50. The Morgan fingerprint density at radius 3 is 2.72 bits per heavy atom. The lowest BCUT2D eigenvalue weighted by Gasteiger charge is -2.12. The highest BCUT2D eigenvalue weighted by molar-refractivity contribution is 5.85. The first-order chi connectivity index (χ1) is 8.13. The van der Waals surface area contributed by atoms with Crippen LogP contribution in [0.5, 0.6) is 5.75 Å². The minimum absolute atomic E-state index is 0. The number of rotatable bonds is 6. The van der Waals surface area contributed by atoms with E-state index in [1.165, 1.54) is 19.8 Å². The molecule has 102 valence electrons. The van der Waals surface area contributed by atoms with Crippen molar-refractivity contribution in [3.8, 4) is 5.75 Å². The summed E-state index contributed by atoms with van der Waals surface area (Å²) in [6.45, 7) is 3.57. The van der Waals surface area contributed by atoms with E-state index in [0.717, 1.165) is 18.4 Å². The fraction of sp³-hybridized carbons (Fsp3) is 0.500. The van der Waals surface area contributed by atoms with Crippen LogP contribution in [0.1, 0.15) is 51.1 Å². The van der Waals surface area contributed by atoms with E-state index in [2.05, 4.69) is 6.92 Å². The highest BCUT2D eigenvalue weighted by atomic mass is 35.5. The summed E-state index contributed by atoms with van der Waals surface area (Å²) < 4.78 is 5.04. The third-order valence-corrected chi connectivity index (χ3v) is 2.67. The molecule has 0 aliphatic heterocycles. The summed E-state index contributed by atoms with van der Waals surface area (Å²) >= 11 is 0. The van der Waals surface area contributed by atoms with E-state index >= 15 is 0 Å². The van der Waals surface area contributed by atoms with Crippen molar-refractivity contribution in [2.45, 2.75) is 45.6 Å². The average Bonchev–Trinajstić information content (AvgIpc) is 2.28. The standard InChI is InChI=1S/C14H21NO2.ClH/c1-3-4-5-9-14(15)12-7-6-8-13(10-12)17-11(2)16;/h6-8,10,14H,3-5,9,15H2,1-2H3;1H/t14-;/m1./s1. The fourth-order valence-corrected chi connectivity index (χ4v) is 1.76. The highest BCUT2D eigenvalue weighted by Crippen LogP contribution is 2.21. The molecule has 0 bridgehead atoms. The molecule has 1 aromatic carbocycles. The van der Waals surface area contributed by atoms with Crippen LogP contribution in [0.2, 0.25) is 0 Å². The van der Waals surface area contributed by atoms with Crippen molar-refractivity contribution in [2.24, 2.45) is 5.73 Å². The number of carbonyl (C=O) groups is 1. The van der Waals surface area contributed by atoms with Crippen LogP contribution in [-0.2, 0) is 4.79 Å². The van der Waals surface area contributed by atoms with Gasteiger partial charge in [-0.05, 0) is 24.1 Å². The highest BCUT2D eigenvalue weighted by Gasteiger charge is 2.07. The summed E-state index contributed by atoms with van der Waals surface area (Å²) in [6, 6.07) is 7.48. The predicted molar refractivity (Wildman–Crippen MR) is 76.1 cm³/mol. The van der Waals surface area contributed by atoms with Crippen molar-refractivity contribution in [2.75, 3.05) is 0 Å². The molecule has 0 aromatic heterocycles. The largest absolute Gasteiger partial charge is 0.427 e. The molecule has 4 heteroatoms. The van der Waals surface area contributed by atoms with Gasteiger partial charge in [0.1, 0.15) is 5.75 Å². The number of hydrogen-bond donors (Lipinski definition) is 1. The molecule has 0 aliphatic rings. The van der Waals surface area contributed by atoms with Gasteiger partial charge in [-0.2, -0.15) is 0 Å². The number of hydrogen-bond acceptors (Lipinski definition) is 3. The Hall–Kier alpha value is -1.06. The third-order valence-electron chi connectivity index (χ3n) is 2.67. The van der Waals surface area contributed by atoms with Crippen molar-refractivity contribution >= 4 is 18.4 Å². The second-order valence-corrected chi connectivity index (χ2v) is 4.27. The number of nitrogens with two attached hydrogens (primary N) is 1. The van der Waals surface area contributed by atoms with Crippen molar-refractivity contribution in [1.29, 1.82) is 0 Å². The molecule has 0 heterocycles. The molecule has 0 saturated carbocycles. The van der Waals surface area contributed by atoms with E-state index in [-0.39, 0.29) is 24.4 Å². The summed E-state index contributed by atoms with van der Waals surface area (Å²) in [5, 5.41) is 0. The topological polar surface area (TPSA) is 52.3 Å². The number of ether oxygens (including phenoxy) is 1. The summed E-state index contributed by atoms with van der Waals surface area (Å²) in [4.78, 5) is 10.9. The van der Waals surface area contributed by atoms with Gasteiger partial charge in [0.05, 0.1) is 0 Å². The first kappa shape index (κ1) is 16.9. The summed E-state index contributed by atoms with van der Waals surface area (Å²) in [7, 11) is 0. The fourth-order valence-electron chi connectivity index (χ4n) is 1.76. The molecular formula is C14H22ClNO2. The van der Waals surface area contributed by atoms with Crippen LogP contribution < -0.4 is 10.5 Å². The van der Waals surface area contributed by atoms with Crippen molar-refractivity contribution in [3.63, 3.8) is 0 Å². The second-order valence-electron chi connectivity index (χ2n) is 4.27. The lowest BCUT2D eigenvalue weighted by atomic mass is 10.0. The van der Waals surface area contributed by atoms with Crippen molar-refractivity contribution in [1.82, 2.24) is 0 Å². The van der Waals surface area contributed by atoms with Gasteiger partial charge in [0, 0.05) is 13.0 Å². The van der Waals surface area contributed by atoms with E-state index < -0.39 is 0 Å². The Bertz CT molecular complexity index is 369. The molecule has 2 N–H and O–H groups in total.